The van der Waals surface area contributed by atoms with Crippen LogP contribution in [0.25, 0.3) is 12.2 Å². The number of halogens is 2. The summed E-state index contributed by atoms with van der Waals surface area (Å²) in [6.07, 6.45) is 5.90. The van der Waals surface area contributed by atoms with E-state index in [-0.39, 0.29) is 24.0 Å². The maximum Gasteiger partial charge on any atom is 0.218 e. The third kappa shape index (κ3) is 6.90. The van der Waals surface area contributed by atoms with Crippen LogP contribution in [0, 0.1) is 11.6 Å². The van der Waals surface area contributed by atoms with Gasteiger partial charge in [0.15, 0.2) is 0 Å². The summed E-state index contributed by atoms with van der Waals surface area (Å²) in [6.45, 7) is 3.80. The number of nitrogens with one attached hydrogen (secondary N) is 1. The van der Waals surface area contributed by atoms with Crippen molar-refractivity contribution in [3.05, 3.63) is 101 Å². The number of aromatic amines is 1. The molecule has 9 heteroatoms. The molecule has 7 nitrogen and oxygen atoms in total. The smallest absolute Gasteiger partial charge is 0.218 e. The standard InChI is InChI=1S/C28H29F2N3O4/c1-3-19(25-14-31-28(33-25)27(35)17(2)34)12-18-4-9-23(10-5-18)36-15-22-16-37-26(32-22)11-7-20-6-8-21(29)13-24(20)30/h4-11,13-14,16-17,19,27,34-35H,3,12,15H2,1-2H3,(H,31,33)/t17-,19?,27?/m1/s1. The number of imidazole rings is 1. The van der Waals surface area contributed by atoms with Gasteiger partial charge in [0.2, 0.25) is 5.89 Å². The number of oxazole rings is 1. The Bertz CT molecular complexity index is 1330. The first-order valence-electron chi connectivity index (χ1n) is 12.0. The van der Waals surface area contributed by atoms with E-state index in [4.69, 9.17) is 9.15 Å². The quantitative estimate of drug-likeness (QED) is 0.244. The zero-order valence-corrected chi connectivity index (χ0v) is 20.6. The summed E-state index contributed by atoms with van der Waals surface area (Å²) in [6, 6.07) is 11.1. The zero-order chi connectivity index (χ0) is 26.4. The van der Waals surface area contributed by atoms with Gasteiger partial charge < -0.3 is 24.4 Å². The monoisotopic (exact) mass is 509 g/mol. The molecule has 2 unspecified atom stereocenters. The van der Waals surface area contributed by atoms with Crippen molar-refractivity contribution < 1.29 is 28.1 Å². The number of aromatic nitrogens is 3. The number of rotatable bonds is 11. The highest BCUT2D eigenvalue weighted by molar-refractivity contribution is 5.66. The Morgan fingerprint density at radius 2 is 1.86 bits per heavy atom. The van der Waals surface area contributed by atoms with Gasteiger partial charge in [-0.15, -0.1) is 0 Å². The van der Waals surface area contributed by atoms with Gasteiger partial charge in [0.25, 0.3) is 0 Å². The van der Waals surface area contributed by atoms with Gasteiger partial charge in [-0.3, -0.25) is 0 Å². The molecule has 194 valence electrons. The molecule has 3 atom stereocenters. The Morgan fingerprint density at radius 3 is 2.57 bits per heavy atom. The molecule has 0 aliphatic heterocycles. The molecule has 0 fully saturated rings. The largest absolute Gasteiger partial charge is 0.487 e. The topological polar surface area (TPSA) is 104 Å². The average molecular weight is 510 g/mol. The van der Waals surface area contributed by atoms with Crippen molar-refractivity contribution in [2.24, 2.45) is 0 Å². The van der Waals surface area contributed by atoms with E-state index in [1.807, 2.05) is 24.3 Å². The van der Waals surface area contributed by atoms with Gasteiger partial charge >= 0.3 is 0 Å². The van der Waals surface area contributed by atoms with Crippen molar-refractivity contribution in [2.75, 3.05) is 0 Å². The first kappa shape index (κ1) is 26.2. The second-order valence-electron chi connectivity index (χ2n) is 8.81. The van der Waals surface area contributed by atoms with Crippen molar-refractivity contribution in [1.29, 1.82) is 0 Å². The van der Waals surface area contributed by atoms with Crippen molar-refractivity contribution in [3.8, 4) is 5.75 Å². The molecule has 0 saturated heterocycles. The molecular weight excluding hydrogens is 480 g/mol. The normalized spacial score (nSPS) is 14.1. The van der Waals surface area contributed by atoms with Crippen LogP contribution in [0.4, 0.5) is 8.78 Å². The van der Waals surface area contributed by atoms with Crippen molar-refractivity contribution in [1.82, 2.24) is 15.0 Å². The molecule has 0 bridgehead atoms. The van der Waals surface area contributed by atoms with Crippen LogP contribution in [-0.2, 0) is 13.0 Å². The summed E-state index contributed by atoms with van der Waals surface area (Å²) < 4.78 is 37.9. The van der Waals surface area contributed by atoms with Gasteiger partial charge in [0.05, 0.1) is 11.8 Å². The SMILES string of the molecule is CCC(Cc1ccc(OCc2coc(C=Cc3ccc(F)cc3F)n2)cc1)c1c[nH]c(C(O)[C@@H](C)O)n1. The van der Waals surface area contributed by atoms with Crippen molar-refractivity contribution >= 4 is 12.2 Å². The molecule has 0 spiro atoms. The van der Waals surface area contributed by atoms with Crippen molar-refractivity contribution in [3.63, 3.8) is 0 Å². The molecule has 0 aliphatic rings. The Hall–Kier alpha value is -3.82. The van der Waals surface area contributed by atoms with Gasteiger partial charge in [-0.2, -0.15) is 0 Å². The minimum absolute atomic E-state index is 0.156. The first-order valence-corrected chi connectivity index (χ1v) is 12.0. The lowest BCUT2D eigenvalue weighted by Crippen LogP contribution is -2.15. The molecule has 4 aromatic rings. The number of hydrogen-bond donors (Lipinski definition) is 3. The lowest BCUT2D eigenvalue weighted by molar-refractivity contribution is 0.0253. The third-order valence-electron chi connectivity index (χ3n) is 6.00. The van der Waals surface area contributed by atoms with E-state index < -0.39 is 23.8 Å². The maximum atomic E-state index is 13.7. The lowest BCUT2D eigenvalue weighted by Gasteiger charge is -2.14. The molecule has 0 saturated carbocycles. The summed E-state index contributed by atoms with van der Waals surface area (Å²) in [5.41, 5.74) is 2.76. The van der Waals surface area contributed by atoms with Crippen LogP contribution >= 0.6 is 0 Å². The van der Waals surface area contributed by atoms with E-state index in [1.54, 1.807) is 6.20 Å². The molecule has 3 N–H and O–H groups in total. The molecule has 0 aliphatic carbocycles. The van der Waals surface area contributed by atoms with Gasteiger partial charge in [-0.05, 0) is 55.7 Å². The van der Waals surface area contributed by atoms with E-state index >= 15 is 0 Å². The number of aliphatic hydroxyl groups is 2. The number of nitrogens with zero attached hydrogens (tertiary/aromatic N) is 2. The van der Waals surface area contributed by atoms with Crippen LogP contribution in [0.2, 0.25) is 0 Å². The predicted octanol–water partition coefficient (Wildman–Crippen LogP) is 5.58. The maximum absolute atomic E-state index is 13.7. The number of aliphatic hydroxyl groups excluding tert-OH is 2. The van der Waals surface area contributed by atoms with Crippen LogP contribution in [0.5, 0.6) is 5.75 Å². The summed E-state index contributed by atoms with van der Waals surface area (Å²) in [5.74, 6) is 0.177. The zero-order valence-electron chi connectivity index (χ0n) is 20.6. The molecule has 0 radical (unpaired) electrons. The Labute approximate surface area is 213 Å². The summed E-state index contributed by atoms with van der Waals surface area (Å²) in [4.78, 5) is 11.7. The fourth-order valence-electron chi connectivity index (χ4n) is 3.83. The number of benzene rings is 2. The predicted molar refractivity (Wildman–Crippen MR) is 135 cm³/mol. The average Bonchev–Trinajstić information content (AvgIpc) is 3.56. The Balaban J connectivity index is 1.31. The van der Waals surface area contributed by atoms with E-state index in [9.17, 15) is 19.0 Å². The minimum atomic E-state index is -1.04. The van der Waals surface area contributed by atoms with E-state index in [0.717, 1.165) is 30.2 Å². The van der Waals surface area contributed by atoms with E-state index in [1.165, 1.54) is 37.5 Å². The molecule has 37 heavy (non-hydrogen) atoms. The second kappa shape index (κ2) is 11.9. The Kier molecular flexibility index (Phi) is 8.47. The van der Waals surface area contributed by atoms with Gasteiger partial charge in [0.1, 0.15) is 47.9 Å². The third-order valence-corrected chi connectivity index (χ3v) is 6.00. The highest BCUT2D eigenvalue weighted by atomic mass is 19.1. The summed E-state index contributed by atoms with van der Waals surface area (Å²) >= 11 is 0. The fourth-order valence-corrected chi connectivity index (χ4v) is 3.83. The lowest BCUT2D eigenvalue weighted by atomic mass is 9.94. The minimum Gasteiger partial charge on any atom is -0.487 e. The number of hydrogen-bond acceptors (Lipinski definition) is 6. The van der Waals surface area contributed by atoms with Crippen LogP contribution in [0.15, 0.2) is 59.3 Å². The van der Waals surface area contributed by atoms with Gasteiger partial charge in [0, 0.05) is 29.8 Å². The van der Waals surface area contributed by atoms with Crippen LogP contribution < -0.4 is 4.74 Å². The fraction of sp³-hybridized carbons (Fsp3) is 0.286. The highest BCUT2D eigenvalue weighted by Crippen LogP contribution is 2.26. The summed E-state index contributed by atoms with van der Waals surface area (Å²) in [7, 11) is 0. The van der Waals surface area contributed by atoms with E-state index in [0.29, 0.717) is 17.3 Å². The second-order valence-corrected chi connectivity index (χ2v) is 8.81. The molecule has 2 aromatic carbocycles. The van der Waals surface area contributed by atoms with Crippen LogP contribution in [0.3, 0.4) is 0 Å². The molecule has 2 aromatic heterocycles. The molecular formula is C28H29F2N3O4. The first-order chi connectivity index (χ1) is 17.8. The van der Waals surface area contributed by atoms with Crippen molar-refractivity contribution in [2.45, 2.75) is 51.4 Å². The number of H-pyrrole nitrogens is 1. The van der Waals surface area contributed by atoms with Crippen LogP contribution in [0.1, 0.15) is 66.5 Å². The molecule has 2 heterocycles. The number of ether oxygens (including phenoxy) is 1. The van der Waals surface area contributed by atoms with Gasteiger partial charge in [-0.25, -0.2) is 18.7 Å². The Morgan fingerprint density at radius 1 is 1.08 bits per heavy atom. The highest BCUT2D eigenvalue weighted by Gasteiger charge is 2.20. The molecule has 4 rings (SSSR count). The van der Waals surface area contributed by atoms with E-state index in [2.05, 4.69) is 21.9 Å². The molecule has 0 amide bonds. The van der Waals surface area contributed by atoms with Crippen LogP contribution in [-0.4, -0.2) is 31.3 Å². The summed E-state index contributed by atoms with van der Waals surface area (Å²) in [5, 5.41) is 19.6. The van der Waals surface area contributed by atoms with Gasteiger partial charge in [-0.1, -0.05) is 19.1 Å².